The first-order chi connectivity index (χ1) is 7.64. The Hall–Kier alpha value is -1.36. The van der Waals surface area contributed by atoms with E-state index in [9.17, 15) is 4.79 Å². The second-order valence-electron chi connectivity index (χ2n) is 4.37. The van der Waals surface area contributed by atoms with E-state index >= 15 is 0 Å². The Balaban J connectivity index is 1.84. The number of carbonyl (C=O) groups is 1. The van der Waals surface area contributed by atoms with Gasteiger partial charge in [-0.25, -0.2) is 4.98 Å². The molecule has 1 aliphatic carbocycles. The number of hydrogen-bond donors (Lipinski definition) is 2. The SMILES string of the molecule is Cn1ccnc1CCNC1(C(=O)O)CCC1. The van der Waals surface area contributed by atoms with Crippen LogP contribution >= 0.6 is 0 Å². The van der Waals surface area contributed by atoms with Gasteiger partial charge < -0.3 is 15.0 Å². The summed E-state index contributed by atoms with van der Waals surface area (Å²) in [7, 11) is 1.94. The number of hydrogen-bond acceptors (Lipinski definition) is 3. The number of nitrogens with one attached hydrogen (secondary N) is 1. The number of aromatic nitrogens is 2. The van der Waals surface area contributed by atoms with Crippen LogP contribution in [0.4, 0.5) is 0 Å². The van der Waals surface area contributed by atoms with Crippen LogP contribution in [0.25, 0.3) is 0 Å². The first kappa shape index (κ1) is 11.1. The molecule has 0 spiro atoms. The van der Waals surface area contributed by atoms with Crippen molar-refractivity contribution in [1.29, 1.82) is 0 Å². The van der Waals surface area contributed by atoms with E-state index in [2.05, 4.69) is 10.3 Å². The molecule has 5 nitrogen and oxygen atoms in total. The summed E-state index contributed by atoms with van der Waals surface area (Å²) in [5, 5.41) is 12.3. The van der Waals surface area contributed by atoms with E-state index in [1.165, 1.54) is 0 Å². The third kappa shape index (κ3) is 1.95. The van der Waals surface area contributed by atoms with Crippen molar-refractivity contribution in [2.45, 2.75) is 31.2 Å². The molecule has 0 atom stereocenters. The normalized spacial score (nSPS) is 18.1. The minimum absolute atomic E-state index is 0.662. The predicted molar refractivity (Wildman–Crippen MR) is 59.1 cm³/mol. The Kier molecular flexibility index (Phi) is 2.96. The van der Waals surface area contributed by atoms with Gasteiger partial charge >= 0.3 is 5.97 Å². The van der Waals surface area contributed by atoms with Crippen LogP contribution in [0.15, 0.2) is 12.4 Å². The highest BCUT2D eigenvalue weighted by molar-refractivity contribution is 5.79. The molecule has 16 heavy (non-hydrogen) atoms. The summed E-state index contributed by atoms with van der Waals surface area (Å²) in [6.45, 7) is 0.664. The van der Waals surface area contributed by atoms with E-state index < -0.39 is 11.5 Å². The standard InChI is InChI=1S/C11H17N3O2/c1-14-8-7-12-9(14)3-6-13-11(10(15)16)4-2-5-11/h7-8,13H,2-6H2,1H3,(H,15,16). The average Bonchev–Trinajstić information content (AvgIpc) is 2.55. The number of carboxylic acid groups (broad SMARTS) is 1. The topological polar surface area (TPSA) is 67.2 Å². The number of nitrogens with zero attached hydrogens (tertiary/aromatic N) is 2. The van der Waals surface area contributed by atoms with Crippen LogP contribution in [0.1, 0.15) is 25.1 Å². The van der Waals surface area contributed by atoms with Gasteiger partial charge in [0.15, 0.2) is 0 Å². The molecule has 0 saturated heterocycles. The van der Waals surface area contributed by atoms with Crippen LogP contribution in [0.2, 0.25) is 0 Å². The molecular formula is C11H17N3O2. The summed E-state index contributed by atoms with van der Waals surface area (Å²) in [6, 6.07) is 0. The summed E-state index contributed by atoms with van der Waals surface area (Å²) in [6.07, 6.45) is 6.89. The third-order valence-electron chi connectivity index (χ3n) is 3.35. The van der Waals surface area contributed by atoms with Gasteiger partial charge in [0.25, 0.3) is 0 Å². The van der Waals surface area contributed by atoms with Gasteiger partial charge in [-0.3, -0.25) is 4.79 Å². The van der Waals surface area contributed by atoms with Crippen molar-refractivity contribution in [3.63, 3.8) is 0 Å². The highest BCUT2D eigenvalue weighted by Crippen LogP contribution is 2.31. The minimum atomic E-state index is -0.724. The van der Waals surface area contributed by atoms with Gasteiger partial charge in [-0.05, 0) is 19.3 Å². The first-order valence-corrected chi connectivity index (χ1v) is 5.59. The first-order valence-electron chi connectivity index (χ1n) is 5.59. The molecule has 1 aliphatic rings. The number of rotatable bonds is 5. The summed E-state index contributed by atoms with van der Waals surface area (Å²) >= 11 is 0. The monoisotopic (exact) mass is 223 g/mol. The van der Waals surface area contributed by atoms with E-state index in [1.807, 2.05) is 17.8 Å². The highest BCUT2D eigenvalue weighted by Gasteiger charge is 2.43. The summed E-state index contributed by atoms with van der Waals surface area (Å²) in [5.41, 5.74) is -0.662. The van der Waals surface area contributed by atoms with Gasteiger partial charge in [0, 0.05) is 32.4 Å². The predicted octanol–water partition coefficient (Wildman–Crippen LogP) is 0.559. The molecule has 0 aromatic carbocycles. The van der Waals surface area contributed by atoms with Gasteiger partial charge in [0.2, 0.25) is 0 Å². The van der Waals surface area contributed by atoms with E-state index in [0.717, 1.165) is 31.5 Å². The Morgan fingerprint density at radius 3 is 2.88 bits per heavy atom. The molecule has 2 rings (SSSR count). The molecule has 1 fully saturated rings. The van der Waals surface area contributed by atoms with Crippen LogP contribution < -0.4 is 5.32 Å². The molecule has 1 heterocycles. The molecular weight excluding hydrogens is 206 g/mol. The summed E-state index contributed by atoms with van der Waals surface area (Å²) < 4.78 is 1.95. The smallest absolute Gasteiger partial charge is 0.323 e. The second kappa shape index (κ2) is 4.25. The number of aliphatic carboxylic acids is 1. The fourth-order valence-corrected chi connectivity index (χ4v) is 2.05. The molecule has 1 aromatic heterocycles. The number of imidazole rings is 1. The molecule has 0 bridgehead atoms. The zero-order chi connectivity index (χ0) is 11.6. The van der Waals surface area contributed by atoms with Gasteiger partial charge in [-0.1, -0.05) is 0 Å². The van der Waals surface area contributed by atoms with Gasteiger partial charge in [0.1, 0.15) is 11.4 Å². The third-order valence-corrected chi connectivity index (χ3v) is 3.35. The number of aryl methyl sites for hydroxylation is 1. The molecule has 0 amide bonds. The number of carboxylic acids is 1. The molecule has 1 saturated carbocycles. The van der Waals surface area contributed by atoms with Gasteiger partial charge in [-0.15, -0.1) is 0 Å². The fourth-order valence-electron chi connectivity index (χ4n) is 2.05. The molecule has 88 valence electrons. The Morgan fingerprint density at radius 1 is 1.69 bits per heavy atom. The van der Waals surface area contributed by atoms with Crippen LogP contribution in [0.3, 0.4) is 0 Å². The maximum atomic E-state index is 11.1. The zero-order valence-corrected chi connectivity index (χ0v) is 9.44. The summed E-state index contributed by atoms with van der Waals surface area (Å²) in [5.74, 6) is 0.256. The lowest BCUT2D eigenvalue weighted by Gasteiger charge is -2.38. The summed E-state index contributed by atoms with van der Waals surface area (Å²) in [4.78, 5) is 15.3. The minimum Gasteiger partial charge on any atom is -0.480 e. The van der Waals surface area contributed by atoms with Gasteiger partial charge in [-0.2, -0.15) is 0 Å². The maximum absolute atomic E-state index is 11.1. The van der Waals surface area contributed by atoms with Crippen LogP contribution in [0.5, 0.6) is 0 Å². The Morgan fingerprint density at radius 2 is 2.44 bits per heavy atom. The van der Waals surface area contributed by atoms with Gasteiger partial charge in [0.05, 0.1) is 0 Å². The van der Waals surface area contributed by atoms with E-state index in [4.69, 9.17) is 5.11 Å². The van der Waals surface area contributed by atoms with Crippen LogP contribution in [-0.2, 0) is 18.3 Å². The van der Waals surface area contributed by atoms with E-state index in [0.29, 0.717) is 6.54 Å². The Bertz CT molecular complexity index is 382. The molecule has 0 radical (unpaired) electrons. The van der Waals surface area contributed by atoms with E-state index in [-0.39, 0.29) is 0 Å². The quantitative estimate of drug-likeness (QED) is 0.765. The highest BCUT2D eigenvalue weighted by atomic mass is 16.4. The lowest BCUT2D eigenvalue weighted by molar-refractivity contribution is -0.148. The average molecular weight is 223 g/mol. The second-order valence-corrected chi connectivity index (χ2v) is 4.37. The molecule has 2 N–H and O–H groups in total. The molecule has 0 aliphatic heterocycles. The van der Waals surface area contributed by atoms with E-state index in [1.54, 1.807) is 6.20 Å². The Labute approximate surface area is 94.5 Å². The molecule has 5 heteroatoms. The lowest BCUT2D eigenvalue weighted by Crippen LogP contribution is -2.57. The van der Waals surface area contributed by atoms with Crippen molar-refractivity contribution in [3.05, 3.63) is 18.2 Å². The van der Waals surface area contributed by atoms with Crippen molar-refractivity contribution in [1.82, 2.24) is 14.9 Å². The molecule has 1 aromatic rings. The lowest BCUT2D eigenvalue weighted by atomic mass is 9.77. The van der Waals surface area contributed by atoms with Crippen molar-refractivity contribution >= 4 is 5.97 Å². The van der Waals surface area contributed by atoms with Crippen molar-refractivity contribution in [3.8, 4) is 0 Å². The fraction of sp³-hybridized carbons (Fsp3) is 0.636. The van der Waals surface area contributed by atoms with Crippen LogP contribution in [0, 0.1) is 0 Å². The maximum Gasteiger partial charge on any atom is 0.323 e. The zero-order valence-electron chi connectivity index (χ0n) is 9.44. The molecule has 0 unspecified atom stereocenters. The van der Waals surface area contributed by atoms with Crippen molar-refractivity contribution < 1.29 is 9.90 Å². The van der Waals surface area contributed by atoms with Crippen molar-refractivity contribution in [2.24, 2.45) is 7.05 Å². The van der Waals surface area contributed by atoms with Crippen LogP contribution in [-0.4, -0.2) is 32.7 Å². The largest absolute Gasteiger partial charge is 0.480 e. The van der Waals surface area contributed by atoms with Crippen molar-refractivity contribution in [2.75, 3.05) is 6.54 Å².